The number of anilines is 1. The third-order valence-corrected chi connectivity index (χ3v) is 3.37. The molecule has 0 radical (unpaired) electrons. The molecule has 0 heterocycles. The summed E-state index contributed by atoms with van der Waals surface area (Å²) >= 11 is 0. The van der Waals surface area contributed by atoms with Gasteiger partial charge in [0.25, 0.3) is 0 Å². The van der Waals surface area contributed by atoms with Crippen molar-refractivity contribution >= 4 is 5.69 Å². The van der Waals surface area contributed by atoms with Crippen molar-refractivity contribution in [3.8, 4) is 0 Å². The van der Waals surface area contributed by atoms with Gasteiger partial charge < -0.3 is 5.73 Å². The van der Waals surface area contributed by atoms with Gasteiger partial charge in [-0.15, -0.1) is 0 Å². The van der Waals surface area contributed by atoms with Crippen LogP contribution in [0, 0.1) is 6.92 Å². The fourth-order valence-electron chi connectivity index (χ4n) is 2.10. The van der Waals surface area contributed by atoms with E-state index in [1.54, 1.807) is 0 Å². The first-order valence-corrected chi connectivity index (χ1v) is 5.93. The molecule has 0 aromatic heterocycles. The molecular weight excluding hydrogens is 206 g/mol. The van der Waals surface area contributed by atoms with Crippen LogP contribution in [0.1, 0.15) is 30.5 Å². The van der Waals surface area contributed by atoms with Gasteiger partial charge in [-0.3, -0.25) is 0 Å². The molecule has 2 aromatic rings. The maximum absolute atomic E-state index is 5.73. The quantitative estimate of drug-likeness (QED) is 0.771. The smallest absolute Gasteiger partial charge is 0.0314 e. The number of hydrogen-bond donors (Lipinski definition) is 1. The van der Waals surface area contributed by atoms with Crippen LogP contribution in [-0.4, -0.2) is 0 Å². The predicted octanol–water partition coefficient (Wildman–Crippen LogP) is 3.90. The molecule has 17 heavy (non-hydrogen) atoms. The van der Waals surface area contributed by atoms with Crippen LogP contribution >= 0.6 is 0 Å². The summed E-state index contributed by atoms with van der Waals surface area (Å²) < 4.78 is 0. The molecule has 0 atom stereocenters. The second kappa shape index (κ2) is 4.25. The third kappa shape index (κ3) is 2.33. The molecule has 0 amide bonds. The molecule has 0 saturated carbocycles. The minimum atomic E-state index is 0.0136. The standard InChI is InChI=1S/C16H19N/c1-12-5-4-6-14(11-12)16(2,3)13-7-9-15(17)10-8-13/h4-11H,17H2,1-3H3. The van der Waals surface area contributed by atoms with Gasteiger partial charge in [-0.2, -0.15) is 0 Å². The van der Waals surface area contributed by atoms with Gasteiger partial charge in [0.2, 0.25) is 0 Å². The van der Waals surface area contributed by atoms with Gasteiger partial charge in [0.05, 0.1) is 0 Å². The lowest BCUT2D eigenvalue weighted by Crippen LogP contribution is -2.18. The zero-order chi connectivity index (χ0) is 12.5. The molecule has 2 aromatic carbocycles. The van der Waals surface area contributed by atoms with E-state index >= 15 is 0 Å². The van der Waals surface area contributed by atoms with Crippen LogP contribution in [0.2, 0.25) is 0 Å². The van der Waals surface area contributed by atoms with E-state index in [1.165, 1.54) is 16.7 Å². The molecule has 0 bridgehead atoms. The molecule has 0 saturated heterocycles. The van der Waals surface area contributed by atoms with E-state index in [9.17, 15) is 0 Å². The summed E-state index contributed by atoms with van der Waals surface area (Å²) in [6.45, 7) is 6.61. The topological polar surface area (TPSA) is 26.0 Å². The second-order valence-electron chi connectivity index (χ2n) is 5.12. The normalized spacial score (nSPS) is 11.5. The zero-order valence-corrected chi connectivity index (χ0v) is 10.7. The SMILES string of the molecule is Cc1cccc(C(C)(C)c2ccc(N)cc2)c1. The summed E-state index contributed by atoms with van der Waals surface area (Å²) in [4.78, 5) is 0. The van der Waals surface area contributed by atoms with Crippen LogP contribution in [0.3, 0.4) is 0 Å². The van der Waals surface area contributed by atoms with Crippen molar-refractivity contribution in [1.29, 1.82) is 0 Å². The number of hydrogen-bond acceptors (Lipinski definition) is 1. The first kappa shape index (κ1) is 11.7. The van der Waals surface area contributed by atoms with E-state index in [0.717, 1.165) is 5.69 Å². The molecule has 0 aliphatic heterocycles. The fourth-order valence-corrected chi connectivity index (χ4v) is 2.10. The highest BCUT2D eigenvalue weighted by molar-refractivity contribution is 5.45. The lowest BCUT2D eigenvalue weighted by atomic mass is 9.78. The molecule has 0 aliphatic carbocycles. The third-order valence-electron chi connectivity index (χ3n) is 3.37. The maximum atomic E-state index is 5.73. The van der Waals surface area contributed by atoms with Crippen molar-refractivity contribution in [1.82, 2.24) is 0 Å². The van der Waals surface area contributed by atoms with Gasteiger partial charge in [0.15, 0.2) is 0 Å². The van der Waals surface area contributed by atoms with E-state index in [2.05, 4.69) is 57.2 Å². The van der Waals surface area contributed by atoms with Crippen LogP contribution < -0.4 is 5.73 Å². The second-order valence-corrected chi connectivity index (χ2v) is 5.12. The molecule has 0 unspecified atom stereocenters. The van der Waals surface area contributed by atoms with E-state index in [-0.39, 0.29) is 5.41 Å². The van der Waals surface area contributed by atoms with E-state index < -0.39 is 0 Å². The summed E-state index contributed by atoms with van der Waals surface area (Å²) in [5.74, 6) is 0. The number of benzene rings is 2. The number of rotatable bonds is 2. The van der Waals surface area contributed by atoms with E-state index in [1.807, 2.05) is 12.1 Å². The van der Waals surface area contributed by atoms with Gasteiger partial charge in [0.1, 0.15) is 0 Å². The Labute approximate surface area is 103 Å². The number of nitrogen functional groups attached to an aromatic ring is 1. The zero-order valence-electron chi connectivity index (χ0n) is 10.7. The van der Waals surface area contributed by atoms with Crippen LogP contribution in [0.5, 0.6) is 0 Å². The van der Waals surface area contributed by atoms with Crippen LogP contribution in [0.15, 0.2) is 48.5 Å². The summed E-state index contributed by atoms with van der Waals surface area (Å²) in [6.07, 6.45) is 0. The largest absolute Gasteiger partial charge is 0.399 e. The Morgan fingerprint density at radius 2 is 1.53 bits per heavy atom. The van der Waals surface area contributed by atoms with Crippen molar-refractivity contribution in [3.63, 3.8) is 0 Å². The Kier molecular flexibility index (Phi) is 2.93. The fraction of sp³-hybridized carbons (Fsp3) is 0.250. The van der Waals surface area contributed by atoms with Gasteiger partial charge in [0, 0.05) is 11.1 Å². The summed E-state index contributed by atoms with van der Waals surface area (Å²) in [5.41, 5.74) is 10.5. The Hall–Kier alpha value is -1.76. The van der Waals surface area contributed by atoms with Crippen molar-refractivity contribution in [2.45, 2.75) is 26.2 Å². The summed E-state index contributed by atoms with van der Waals surface area (Å²) in [7, 11) is 0. The molecule has 2 rings (SSSR count). The molecule has 2 N–H and O–H groups in total. The monoisotopic (exact) mass is 225 g/mol. The lowest BCUT2D eigenvalue weighted by Gasteiger charge is -2.26. The van der Waals surface area contributed by atoms with Crippen molar-refractivity contribution in [2.75, 3.05) is 5.73 Å². The molecule has 88 valence electrons. The van der Waals surface area contributed by atoms with Gasteiger partial charge in [-0.05, 0) is 30.2 Å². The minimum absolute atomic E-state index is 0.0136. The molecule has 1 nitrogen and oxygen atoms in total. The highest BCUT2D eigenvalue weighted by atomic mass is 14.5. The molecular formula is C16H19N. The molecule has 0 spiro atoms. The van der Waals surface area contributed by atoms with Gasteiger partial charge in [-0.25, -0.2) is 0 Å². The highest BCUT2D eigenvalue weighted by Gasteiger charge is 2.22. The Balaban J connectivity index is 2.45. The average molecular weight is 225 g/mol. The first-order chi connectivity index (χ1) is 8.00. The summed E-state index contributed by atoms with van der Waals surface area (Å²) in [5, 5.41) is 0. The van der Waals surface area contributed by atoms with E-state index in [0.29, 0.717) is 0 Å². The van der Waals surface area contributed by atoms with Gasteiger partial charge in [-0.1, -0.05) is 55.8 Å². The van der Waals surface area contributed by atoms with E-state index in [4.69, 9.17) is 5.73 Å². The van der Waals surface area contributed by atoms with Crippen LogP contribution in [0.4, 0.5) is 5.69 Å². The van der Waals surface area contributed by atoms with Crippen LogP contribution in [-0.2, 0) is 5.41 Å². The lowest BCUT2D eigenvalue weighted by molar-refractivity contribution is 0.640. The van der Waals surface area contributed by atoms with Crippen molar-refractivity contribution in [3.05, 3.63) is 65.2 Å². The maximum Gasteiger partial charge on any atom is 0.0314 e. The minimum Gasteiger partial charge on any atom is -0.399 e. The first-order valence-electron chi connectivity index (χ1n) is 5.93. The predicted molar refractivity (Wildman–Crippen MR) is 74.2 cm³/mol. The number of aryl methyl sites for hydroxylation is 1. The van der Waals surface area contributed by atoms with Gasteiger partial charge >= 0.3 is 0 Å². The Morgan fingerprint density at radius 3 is 2.12 bits per heavy atom. The highest BCUT2D eigenvalue weighted by Crippen LogP contribution is 2.32. The Bertz CT molecular complexity index is 509. The number of nitrogens with two attached hydrogens (primary N) is 1. The molecule has 0 aliphatic rings. The Morgan fingerprint density at radius 1 is 0.882 bits per heavy atom. The average Bonchev–Trinajstić information content (AvgIpc) is 2.29. The van der Waals surface area contributed by atoms with Crippen LogP contribution in [0.25, 0.3) is 0 Å². The summed E-state index contributed by atoms with van der Waals surface area (Å²) in [6, 6.07) is 16.8. The molecule has 1 heteroatoms. The van der Waals surface area contributed by atoms with Crippen molar-refractivity contribution < 1.29 is 0 Å². The molecule has 0 fully saturated rings. The van der Waals surface area contributed by atoms with Crippen molar-refractivity contribution in [2.24, 2.45) is 0 Å².